The molecule has 0 aromatic heterocycles. The lowest BCUT2D eigenvalue weighted by Crippen LogP contribution is -2.60. The molecule has 7 atom stereocenters. The van der Waals surface area contributed by atoms with Gasteiger partial charge in [-0.1, -0.05) is 249 Å². The number of nitrogens with one attached hydrogen (secondary N) is 1. The minimum Gasteiger partial charge on any atom is -0.466 e. The van der Waals surface area contributed by atoms with Crippen molar-refractivity contribution in [2.45, 2.75) is 339 Å². The van der Waals surface area contributed by atoms with Crippen LogP contribution in [0.2, 0.25) is 0 Å². The highest BCUT2D eigenvalue weighted by molar-refractivity contribution is 5.76. The van der Waals surface area contributed by atoms with Crippen molar-refractivity contribution in [2.75, 3.05) is 19.8 Å². The molecule has 440 valence electrons. The third-order valence-corrected chi connectivity index (χ3v) is 15.0. The number of amides is 1. The van der Waals surface area contributed by atoms with Crippen LogP contribution in [0.1, 0.15) is 296 Å². The lowest BCUT2D eigenvalue weighted by Gasteiger charge is -2.40. The van der Waals surface area contributed by atoms with Crippen LogP contribution < -0.4 is 5.32 Å². The van der Waals surface area contributed by atoms with E-state index in [1.54, 1.807) is 6.08 Å². The average molecular weight is 1060 g/mol. The number of hydrogen-bond acceptors (Lipinski definition) is 10. The van der Waals surface area contributed by atoms with Gasteiger partial charge in [-0.15, -0.1) is 0 Å². The lowest BCUT2D eigenvalue weighted by molar-refractivity contribution is -0.302. The Morgan fingerprint density at radius 2 is 0.867 bits per heavy atom. The monoisotopic (exact) mass is 1060 g/mol. The van der Waals surface area contributed by atoms with Crippen molar-refractivity contribution >= 4 is 11.9 Å². The number of aliphatic hydroxyl groups excluding tert-OH is 5. The topological polar surface area (TPSA) is 175 Å². The number of carbonyl (C=O) groups is 2. The second-order valence-corrected chi connectivity index (χ2v) is 22.1. The zero-order valence-corrected chi connectivity index (χ0v) is 48.5. The summed E-state index contributed by atoms with van der Waals surface area (Å²) < 4.78 is 16.7. The Kier molecular flexibility index (Phi) is 50.9. The number of aliphatic hydroxyl groups is 5. The third kappa shape index (κ3) is 43.4. The normalized spacial score (nSPS) is 18.9. The van der Waals surface area contributed by atoms with Gasteiger partial charge in [0.05, 0.1) is 32.0 Å². The summed E-state index contributed by atoms with van der Waals surface area (Å²) in [6, 6.07) is -0.829. The number of hydrogen-bond donors (Lipinski definition) is 6. The molecule has 0 aliphatic carbocycles. The number of carbonyl (C=O) groups excluding carboxylic acids is 2. The summed E-state index contributed by atoms with van der Waals surface area (Å²) in [5.74, 6) is -0.196. The summed E-state index contributed by atoms with van der Waals surface area (Å²) in [6.07, 6.45) is 57.0. The maximum absolute atomic E-state index is 13.0. The van der Waals surface area contributed by atoms with E-state index in [1.807, 2.05) is 6.08 Å². The fourth-order valence-electron chi connectivity index (χ4n) is 9.92. The molecule has 6 N–H and O–H groups in total. The summed E-state index contributed by atoms with van der Waals surface area (Å²) in [4.78, 5) is 25.0. The van der Waals surface area contributed by atoms with Crippen molar-refractivity contribution in [3.8, 4) is 0 Å². The van der Waals surface area contributed by atoms with E-state index in [0.717, 1.165) is 70.6 Å². The average Bonchev–Trinajstić information content (AvgIpc) is 3.41. The molecule has 0 spiro atoms. The van der Waals surface area contributed by atoms with Gasteiger partial charge in [-0.25, -0.2) is 0 Å². The zero-order valence-electron chi connectivity index (χ0n) is 48.5. The maximum atomic E-state index is 13.0. The van der Waals surface area contributed by atoms with Crippen molar-refractivity contribution in [3.63, 3.8) is 0 Å². The molecule has 75 heavy (non-hydrogen) atoms. The standard InChI is InChI=1S/C64H119NO10/c1-3-5-7-9-11-13-14-15-29-32-36-40-44-48-52-60(69)73-53-49-45-41-37-33-30-27-25-23-21-19-17-16-18-20-22-24-26-28-31-35-39-43-47-51-59(68)65-56(57(67)50-46-42-38-34-12-10-8-6-4-2)55-74-64-63(72)62(71)61(70)58(54-66)75-64/h12,18,20,34,46,50,56-58,61-64,66-67,70-72H,3-11,13-17,19,21-33,35-45,47-49,51-55H2,1-2H3,(H,65,68)/b20-18-,34-12+,50-46+. The van der Waals surface area contributed by atoms with E-state index in [9.17, 15) is 35.1 Å². The van der Waals surface area contributed by atoms with E-state index in [0.29, 0.717) is 19.4 Å². The van der Waals surface area contributed by atoms with Crippen LogP contribution in [0.25, 0.3) is 0 Å². The summed E-state index contributed by atoms with van der Waals surface area (Å²) >= 11 is 0. The molecule has 0 aromatic carbocycles. The number of esters is 1. The predicted molar refractivity (Wildman–Crippen MR) is 311 cm³/mol. The van der Waals surface area contributed by atoms with Crippen molar-refractivity contribution in [1.82, 2.24) is 5.32 Å². The largest absolute Gasteiger partial charge is 0.466 e. The van der Waals surface area contributed by atoms with Gasteiger partial charge in [-0.05, 0) is 70.6 Å². The fourth-order valence-corrected chi connectivity index (χ4v) is 9.92. The molecule has 1 aliphatic heterocycles. The van der Waals surface area contributed by atoms with Gasteiger partial charge in [-0.3, -0.25) is 9.59 Å². The Bertz CT molecular complexity index is 1340. The molecule has 1 rings (SSSR count). The van der Waals surface area contributed by atoms with E-state index in [4.69, 9.17) is 14.2 Å². The van der Waals surface area contributed by atoms with Gasteiger partial charge in [0, 0.05) is 12.8 Å². The smallest absolute Gasteiger partial charge is 0.305 e. The van der Waals surface area contributed by atoms with Crippen LogP contribution in [-0.4, -0.2) is 100 Å². The van der Waals surface area contributed by atoms with E-state index in [1.165, 1.54) is 199 Å². The Balaban J connectivity index is 1.98. The van der Waals surface area contributed by atoms with Crippen LogP contribution in [0.5, 0.6) is 0 Å². The van der Waals surface area contributed by atoms with Crippen molar-refractivity contribution in [3.05, 3.63) is 36.5 Å². The van der Waals surface area contributed by atoms with Crippen molar-refractivity contribution in [1.29, 1.82) is 0 Å². The van der Waals surface area contributed by atoms with Gasteiger partial charge in [0.15, 0.2) is 6.29 Å². The van der Waals surface area contributed by atoms with Gasteiger partial charge in [-0.2, -0.15) is 0 Å². The Labute approximate surface area is 460 Å². The van der Waals surface area contributed by atoms with Crippen LogP contribution >= 0.6 is 0 Å². The highest BCUT2D eigenvalue weighted by Gasteiger charge is 2.44. The van der Waals surface area contributed by atoms with Gasteiger partial charge < -0.3 is 45.1 Å². The van der Waals surface area contributed by atoms with Crippen molar-refractivity contribution in [2.24, 2.45) is 0 Å². The molecule has 1 aliphatic rings. The first kappa shape index (κ1) is 70.9. The summed E-state index contributed by atoms with van der Waals surface area (Å²) in [6.45, 7) is 4.29. The second kappa shape index (κ2) is 53.9. The first-order chi connectivity index (χ1) is 36.7. The molecule has 0 aromatic rings. The minimum absolute atomic E-state index is 0.00312. The minimum atomic E-state index is -1.58. The highest BCUT2D eigenvalue weighted by Crippen LogP contribution is 2.23. The number of unbranched alkanes of at least 4 members (excludes halogenated alkanes) is 37. The predicted octanol–water partition coefficient (Wildman–Crippen LogP) is 15.1. The second-order valence-electron chi connectivity index (χ2n) is 22.1. The van der Waals surface area contributed by atoms with E-state index in [2.05, 4.69) is 43.5 Å². The van der Waals surface area contributed by atoms with E-state index < -0.39 is 49.5 Å². The third-order valence-electron chi connectivity index (χ3n) is 15.0. The molecular weight excluding hydrogens is 943 g/mol. The van der Waals surface area contributed by atoms with Crippen LogP contribution in [0, 0.1) is 0 Å². The van der Waals surface area contributed by atoms with Crippen LogP contribution in [0.4, 0.5) is 0 Å². The van der Waals surface area contributed by atoms with Gasteiger partial charge >= 0.3 is 5.97 Å². The molecule has 11 nitrogen and oxygen atoms in total. The molecule has 1 heterocycles. The Morgan fingerprint density at radius 1 is 0.480 bits per heavy atom. The Hall–Kier alpha value is -2.12. The number of rotatable bonds is 55. The van der Waals surface area contributed by atoms with Gasteiger partial charge in [0.25, 0.3) is 0 Å². The first-order valence-electron chi connectivity index (χ1n) is 31.8. The SMILES string of the molecule is CCCCC/C=C/CC/C=C/C(O)C(COC1OC(CO)C(O)C(O)C1O)NC(=O)CCCCCCCCCC/C=C\CCCCCCCCCCCCCCOC(=O)CCCCCCCCCCCCCCCC. The van der Waals surface area contributed by atoms with Crippen LogP contribution in [0.15, 0.2) is 36.5 Å². The summed E-state index contributed by atoms with van der Waals surface area (Å²) in [5.41, 5.74) is 0. The molecule has 1 saturated heterocycles. The fraction of sp³-hybridized carbons (Fsp3) is 0.875. The number of ether oxygens (including phenoxy) is 3. The molecule has 1 fully saturated rings. The van der Waals surface area contributed by atoms with Gasteiger partial charge in [0.1, 0.15) is 24.4 Å². The van der Waals surface area contributed by atoms with Gasteiger partial charge in [0.2, 0.25) is 5.91 Å². The lowest BCUT2D eigenvalue weighted by atomic mass is 9.99. The zero-order chi connectivity index (χ0) is 54.5. The molecular formula is C64H119NO10. The maximum Gasteiger partial charge on any atom is 0.305 e. The molecule has 1 amide bonds. The van der Waals surface area contributed by atoms with Crippen molar-refractivity contribution < 1.29 is 49.3 Å². The molecule has 11 heteroatoms. The summed E-state index contributed by atoms with van der Waals surface area (Å²) in [5, 5.41) is 54.2. The summed E-state index contributed by atoms with van der Waals surface area (Å²) in [7, 11) is 0. The highest BCUT2D eigenvalue weighted by atomic mass is 16.7. The molecule has 0 bridgehead atoms. The Morgan fingerprint density at radius 3 is 1.35 bits per heavy atom. The number of allylic oxidation sites excluding steroid dienone is 5. The van der Waals surface area contributed by atoms with Crippen LogP contribution in [0.3, 0.4) is 0 Å². The molecule has 7 unspecified atom stereocenters. The van der Waals surface area contributed by atoms with Crippen LogP contribution in [-0.2, 0) is 23.8 Å². The quantitative estimate of drug-likeness (QED) is 0.0195. The molecule has 0 radical (unpaired) electrons. The van der Waals surface area contributed by atoms with E-state index >= 15 is 0 Å². The molecule has 0 saturated carbocycles. The van der Waals surface area contributed by atoms with E-state index in [-0.39, 0.29) is 18.5 Å². The first-order valence-corrected chi connectivity index (χ1v) is 31.8.